The second-order valence-electron chi connectivity index (χ2n) is 9.97. The van der Waals surface area contributed by atoms with Crippen LogP contribution < -0.4 is 27.3 Å². The maximum absolute atomic E-state index is 13.8. The van der Waals surface area contributed by atoms with Crippen molar-refractivity contribution in [2.24, 2.45) is 11.5 Å². The number of nitrogens with two attached hydrogens (primary N) is 3. The van der Waals surface area contributed by atoms with Gasteiger partial charge in [-0.2, -0.15) is 0 Å². The first-order valence-electron chi connectivity index (χ1n) is 12.2. The molecule has 196 valence electrons. The summed E-state index contributed by atoms with van der Waals surface area (Å²) in [4.78, 5) is 40.7. The van der Waals surface area contributed by atoms with Gasteiger partial charge in [-0.05, 0) is 47.7 Å². The normalized spacial score (nSPS) is 28.5. The predicted molar refractivity (Wildman–Crippen MR) is 140 cm³/mol. The molecular formula is C26H31N5O5S. The zero-order valence-corrected chi connectivity index (χ0v) is 21.3. The third-order valence-corrected chi connectivity index (χ3v) is 9.13. The Kier molecular flexibility index (Phi) is 6.55. The molecule has 2 aliphatic heterocycles. The van der Waals surface area contributed by atoms with E-state index in [1.807, 2.05) is 24.3 Å². The minimum Gasteiger partial charge on any atom is -0.497 e. The fourth-order valence-corrected chi connectivity index (χ4v) is 7.26. The van der Waals surface area contributed by atoms with Crippen molar-refractivity contribution in [2.75, 3.05) is 25.9 Å². The molecule has 2 aromatic carbocycles. The summed E-state index contributed by atoms with van der Waals surface area (Å²) in [6, 6.07) is 9.56. The van der Waals surface area contributed by atoms with Gasteiger partial charge in [-0.25, -0.2) is 4.79 Å². The number of benzene rings is 2. The number of Topliss-reactive ketones (excluding diaryl/α,β-unsaturated/α-hetero) is 1. The van der Waals surface area contributed by atoms with Crippen molar-refractivity contribution in [1.29, 1.82) is 0 Å². The quantitative estimate of drug-likeness (QED) is 0.361. The zero-order valence-electron chi connectivity index (χ0n) is 20.5. The summed E-state index contributed by atoms with van der Waals surface area (Å²) in [5.74, 6) is -0.495. The standard InChI is InChI=1S/C26H31N5O5S/c1-36-15-6-4-13(5-7-15)11-26(29)16-8-9-17(27)21-18(16)19(20(28)23(26)32)22(37-21)24(33)30-14-3-2-10-31(12-14)25(34)35/h4-9,14,19-20,22H,2-3,10-12,27-29H2,1H3,(H,30,33)(H,34,35). The number of nitrogens with one attached hydrogen (secondary N) is 1. The van der Waals surface area contributed by atoms with Gasteiger partial charge in [0.1, 0.15) is 11.3 Å². The predicted octanol–water partition coefficient (Wildman–Crippen LogP) is 1.40. The molecule has 1 saturated heterocycles. The number of nitrogen functional groups attached to an aromatic ring is 1. The highest BCUT2D eigenvalue weighted by Gasteiger charge is 2.56. The Morgan fingerprint density at radius 3 is 2.65 bits per heavy atom. The number of carboxylic acid groups (broad SMARTS) is 1. The van der Waals surface area contributed by atoms with Crippen LogP contribution in [-0.2, 0) is 21.5 Å². The Morgan fingerprint density at radius 2 is 1.97 bits per heavy atom. The van der Waals surface area contributed by atoms with Crippen LogP contribution in [0.25, 0.3) is 0 Å². The summed E-state index contributed by atoms with van der Waals surface area (Å²) < 4.78 is 5.23. The van der Waals surface area contributed by atoms with Crippen molar-refractivity contribution in [3.05, 3.63) is 53.1 Å². The number of carbonyl (C=O) groups excluding carboxylic acids is 2. The Bertz CT molecular complexity index is 1250. The number of hydrogen-bond acceptors (Lipinski definition) is 8. The van der Waals surface area contributed by atoms with Gasteiger partial charge in [0, 0.05) is 42.1 Å². The number of hydrogen-bond donors (Lipinski definition) is 5. The van der Waals surface area contributed by atoms with Gasteiger partial charge in [-0.1, -0.05) is 18.2 Å². The van der Waals surface area contributed by atoms with Crippen LogP contribution in [0.1, 0.15) is 35.4 Å². The summed E-state index contributed by atoms with van der Waals surface area (Å²) >= 11 is 1.30. The second-order valence-corrected chi connectivity index (χ2v) is 11.1. The maximum atomic E-state index is 13.8. The summed E-state index contributed by atoms with van der Waals surface area (Å²) in [5, 5.41) is 11.7. The number of amides is 2. The van der Waals surface area contributed by atoms with Crippen LogP contribution in [0.5, 0.6) is 5.75 Å². The lowest BCUT2D eigenvalue weighted by atomic mass is 9.66. The molecule has 37 heavy (non-hydrogen) atoms. The van der Waals surface area contributed by atoms with E-state index in [0.29, 0.717) is 36.4 Å². The molecule has 11 heteroatoms. The highest BCUT2D eigenvalue weighted by Crippen LogP contribution is 2.55. The summed E-state index contributed by atoms with van der Waals surface area (Å²) in [6.45, 7) is 0.669. The minimum atomic E-state index is -1.38. The second kappa shape index (κ2) is 9.55. The minimum absolute atomic E-state index is 0.224. The van der Waals surface area contributed by atoms with Crippen LogP contribution in [0.15, 0.2) is 41.3 Å². The fraction of sp³-hybridized carbons (Fsp3) is 0.423. The number of nitrogens with zero attached hydrogens (tertiary/aromatic N) is 1. The van der Waals surface area contributed by atoms with Crippen molar-refractivity contribution in [3.63, 3.8) is 0 Å². The van der Waals surface area contributed by atoms with Gasteiger partial charge >= 0.3 is 6.09 Å². The Morgan fingerprint density at radius 1 is 1.24 bits per heavy atom. The van der Waals surface area contributed by atoms with Crippen molar-refractivity contribution >= 4 is 35.2 Å². The van der Waals surface area contributed by atoms with Crippen LogP contribution in [0.2, 0.25) is 0 Å². The molecule has 3 aliphatic rings. The van der Waals surface area contributed by atoms with E-state index < -0.39 is 28.8 Å². The first kappa shape index (κ1) is 25.4. The van der Waals surface area contributed by atoms with E-state index in [2.05, 4.69) is 5.32 Å². The number of thioether (sulfide) groups is 1. The molecule has 5 rings (SSSR count). The number of piperidine rings is 1. The molecule has 5 atom stereocenters. The van der Waals surface area contributed by atoms with Crippen molar-refractivity contribution < 1.29 is 24.2 Å². The van der Waals surface area contributed by atoms with E-state index in [1.165, 1.54) is 16.7 Å². The largest absolute Gasteiger partial charge is 0.497 e. The van der Waals surface area contributed by atoms with Crippen molar-refractivity contribution in [1.82, 2.24) is 10.2 Å². The molecule has 0 saturated carbocycles. The summed E-state index contributed by atoms with van der Waals surface area (Å²) in [6.07, 6.45) is 0.572. The lowest BCUT2D eigenvalue weighted by Crippen LogP contribution is -2.61. The number of ketones is 1. The van der Waals surface area contributed by atoms with Gasteiger partial charge in [0.15, 0.2) is 5.78 Å². The lowest BCUT2D eigenvalue weighted by molar-refractivity contribution is -0.127. The molecule has 5 unspecified atom stereocenters. The SMILES string of the molecule is COc1ccc(CC2(N)C(=O)C(N)C3c4c2ccc(N)c4SC3C(=O)NC2CCCN(C(=O)O)C2)cc1. The van der Waals surface area contributed by atoms with Crippen LogP contribution in [0, 0.1) is 0 Å². The van der Waals surface area contributed by atoms with Crippen LogP contribution >= 0.6 is 11.8 Å². The molecule has 0 aromatic heterocycles. The number of anilines is 1. The number of methoxy groups -OCH3 is 1. The molecule has 1 fully saturated rings. The first-order valence-corrected chi connectivity index (χ1v) is 13.1. The average Bonchev–Trinajstić information content (AvgIpc) is 3.29. The third kappa shape index (κ3) is 4.30. The Balaban J connectivity index is 1.45. The topological polar surface area (TPSA) is 174 Å². The molecule has 1 aliphatic carbocycles. The Labute approximate surface area is 218 Å². The first-order chi connectivity index (χ1) is 17.6. The molecule has 2 heterocycles. The summed E-state index contributed by atoms with van der Waals surface area (Å²) in [7, 11) is 1.58. The average molecular weight is 526 g/mol. The smallest absolute Gasteiger partial charge is 0.407 e. The number of likely N-dealkylation sites (tertiary alicyclic amines) is 1. The van der Waals surface area contributed by atoms with Gasteiger partial charge in [-0.3, -0.25) is 9.59 Å². The van der Waals surface area contributed by atoms with Gasteiger partial charge in [0.05, 0.1) is 18.4 Å². The van der Waals surface area contributed by atoms with E-state index in [9.17, 15) is 19.5 Å². The van der Waals surface area contributed by atoms with Crippen LogP contribution in [-0.4, -0.2) is 65.3 Å². The third-order valence-electron chi connectivity index (χ3n) is 7.68. The van der Waals surface area contributed by atoms with Gasteiger partial charge in [0.25, 0.3) is 0 Å². The monoisotopic (exact) mass is 525 g/mol. The molecule has 10 nitrogen and oxygen atoms in total. The van der Waals surface area contributed by atoms with E-state index in [-0.39, 0.29) is 30.7 Å². The molecule has 0 bridgehead atoms. The van der Waals surface area contributed by atoms with Crippen LogP contribution in [0.4, 0.5) is 10.5 Å². The molecule has 8 N–H and O–H groups in total. The van der Waals surface area contributed by atoms with Crippen LogP contribution in [0.3, 0.4) is 0 Å². The summed E-state index contributed by atoms with van der Waals surface area (Å²) in [5.41, 5.74) is 21.1. The highest BCUT2D eigenvalue weighted by atomic mass is 32.2. The van der Waals surface area contributed by atoms with E-state index in [4.69, 9.17) is 21.9 Å². The van der Waals surface area contributed by atoms with Gasteiger partial charge in [-0.15, -0.1) is 11.8 Å². The van der Waals surface area contributed by atoms with Gasteiger partial charge in [0.2, 0.25) is 5.91 Å². The molecule has 0 spiro atoms. The molecule has 2 aromatic rings. The van der Waals surface area contributed by atoms with E-state index in [1.54, 1.807) is 19.2 Å². The fourth-order valence-electron chi connectivity index (χ4n) is 5.80. The van der Waals surface area contributed by atoms with Gasteiger partial charge < -0.3 is 37.3 Å². The maximum Gasteiger partial charge on any atom is 0.407 e. The number of carbonyl (C=O) groups is 3. The zero-order chi connectivity index (χ0) is 26.5. The van der Waals surface area contributed by atoms with E-state index >= 15 is 0 Å². The highest BCUT2D eigenvalue weighted by molar-refractivity contribution is 8.01. The number of ether oxygens (including phenoxy) is 1. The number of rotatable bonds is 5. The molecular weight excluding hydrogens is 494 g/mol. The van der Waals surface area contributed by atoms with Crippen molar-refractivity contribution in [2.45, 2.75) is 52.9 Å². The molecule has 2 amide bonds. The molecule has 0 radical (unpaired) electrons. The Hall–Kier alpha value is -3.28. The van der Waals surface area contributed by atoms with Crippen molar-refractivity contribution in [3.8, 4) is 5.75 Å². The lowest BCUT2D eigenvalue weighted by Gasteiger charge is -2.41. The van der Waals surface area contributed by atoms with E-state index in [0.717, 1.165) is 16.0 Å².